The van der Waals surface area contributed by atoms with E-state index in [9.17, 15) is 24.9 Å². The van der Waals surface area contributed by atoms with E-state index in [0.29, 0.717) is 30.4 Å². The molecule has 2 aliphatic heterocycles. The van der Waals surface area contributed by atoms with Gasteiger partial charge in [0.2, 0.25) is 0 Å². The summed E-state index contributed by atoms with van der Waals surface area (Å²) in [4.78, 5) is 26.1. The summed E-state index contributed by atoms with van der Waals surface area (Å²) in [5.41, 5.74) is 0.284. The molecule has 0 amide bonds. The molecule has 6 atom stereocenters. The van der Waals surface area contributed by atoms with Crippen molar-refractivity contribution in [3.63, 3.8) is 0 Å². The summed E-state index contributed by atoms with van der Waals surface area (Å²) in [6, 6.07) is 0. The lowest BCUT2D eigenvalue weighted by Crippen LogP contribution is -2.48. The SMILES string of the molecule is CC=CCCC1CC=C(C)C(O)C(C)(C)C(=O)C(C)C=C(C)C2CC(O)CC(O)(CC(=O)O1)O2. The van der Waals surface area contributed by atoms with E-state index in [4.69, 9.17) is 9.47 Å². The van der Waals surface area contributed by atoms with E-state index in [2.05, 4.69) is 0 Å². The second kappa shape index (κ2) is 11.8. The molecular formula is C27H42O7. The third-order valence-electron chi connectivity index (χ3n) is 6.90. The van der Waals surface area contributed by atoms with Crippen molar-refractivity contribution in [2.45, 2.75) is 110 Å². The van der Waals surface area contributed by atoms with Crippen molar-refractivity contribution in [3.05, 3.63) is 35.5 Å². The number of hydrogen-bond acceptors (Lipinski definition) is 7. The van der Waals surface area contributed by atoms with Gasteiger partial charge in [-0.1, -0.05) is 45.1 Å². The van der Waals surface area contributed by atoms with Crippen molar-refractivity contribution in [2.24, 2.45) is 11.3 Å². The highest BCUT2D eigenvalue weighted by Gasteiger charge is 2.43. The van der Waals surface area contributed by atoms with Crippen LogP contribution in [-0.2, 0) is 19.1 Å². The van der Waals surface area contributed by atoms with Gasteiger partial charge in [-0.05, 0) is 44.8 Å². The predicted octanol–water partition coefficient (Wildman–Crippen LogP) is 3.76. The number of ether oxygens (including phenoxy) is 2. The monoisotopic (exact) mass is 478 g/mol. The number of carbonyl (C=O) groups is 2. The smallest absolute Gasteiger partial charge is 0.311 e. The topological polar surface area (TPSA) is 113 Å². The van der Waals surface area contributed by atoms with Gasteiger partial charge in [0.15, 0.2) is 5.79 Å². The van der Waals surface area contributed by atoms with Gasteiger partial charge in [-0.3, -0.25) is 9.59 Å². The van der Waals surface area contributed by atoms with Crippen LogP contribution in [0.2, 0.25) is 0 Å². The molecule has 2 heterocycles. The summed E-state index contributed by atoms with van der Waals surface area (Å²) in [5, 5.41) is 32.4. The lowest BCUT2D eigenvalue weighted by atomic mass is 9.74. The molecule has 0 aromatic carbocycles. The molecule has 0 aliphatic carbocycles. The van der Waals surface area contributed by atoms with Gasteiger partial charge in [-0.2, -0.15) is 0 Å². The maximum atomic E-state index is 13.3. The molecule has 0 spiro atoms. The van der Waals surface area contributed by atoms with Crippen LogP contribution >= 0.6 is 0 Å². The van der Waals surface area contributed by atoms with Gasteiger partial charge in [-0.15, -0.1) is 0 Å². The number of aliphatic hydroxyl groups excluding tert-OH is 2. The van der Waals surface area contributed by atoms with Crippen LogP contribution in [0.5, 0.6) is 0 Å². The van der Waals surface area contributed by atoms with Crippen molar-refractivity contribution in [3.8, 4) is 0 Å². The highest BCUT2D eigenvalue weighted by Crippen LogP contribution is 2.36. The average molecular weight is 479 g/mol. The van der Waals surface area contributed by atoms with Crippen LogP contribution < -0.4 is 0 Å². The number of esters is 1. The minimum Gasteiger partial charge on any atom is -0.462 e. The Morgan fingerprint density at radius 2 is 1.85 bits per heavy atom. The molecule has 6 unspecified atom stereocenters. The Morgan fingerprint density at radius 3 is 2.50 bits per heavy atom. The van der Waals surface area contributed by atoms with Crippen molar-refractivity contribution in [1.82, 2.24) is 0 Å². The molecule has 0 aromatic heterocycles. The third kappa shape index (κ3) is 7.35. The molecule has 2 rings (SSSR count). The summed E-state index contributed by atoms with van der Waals surface area (Å²) in [6.45, 7) is 10.7. The Hall–Kier alpha value is -1.80. The van der Waals surface area contributed by atoms with Crippen LogP contribution in [0.25, 0.3) is 0 Å². The van der Waals surface area contributed by atoms with E-state index in [-0.39, 0.29) is 18.6 Å². The van der Waals surface area contributed by atoms with E-state index < -0.39 is 53.9 Å². The lowest BCUT2D eigenvalue weighted by Gasteiger charge is -2.40. The number of fused-ring (bicyclic) bond motifs is 2. The predicted molar refractivity (Wildman–Crippen MR) is 130 cm³/mol. The molecule has 0 radical (unpaired) electrons. The standard InChI is InChI=1S/C27H42O7/c1-7-8-9-10-21-12-11-17(2)24(30)26(5,6)25(31)19(4)13-18(3)22-14-20(28)15-27(32,34-22)16-23(29)33-21/h7-8,11,13,19-22,24,28,30,32H,9-10,12,14-16H2,1-6H3. The molecule has 1 fully saturated rings. The Morgan fingerprint density at radius 1 is 1.18 bits per heavy atom. The zero-order valence-corrected chi connectivity index (χ0v) is 21.4. The van der Waals surface area contributed by atoms with Gasteiger partial charge in [0.25, 0.3) is 0 Å². The number of cyclic esters (lactones) is 1. The van der Waals surface area contributed by atoms with Crippen LogP contribution in [-0.4, -0.2) is 57.3 Å². The number of ketones is 1. The maximum absolute atomic E-state index is 13.3. The van der Waals surface area contributed by atoms with Crippen LogP contribution in [0.1, 0.15) is 80.1 Å². The first kappa shape index (κ1) is 28.4. The number of Topliss-reactive ketones (excluding diaryl/α,β-unsaturated/α-hetero) is 1. The fraction of sp³-hybridized carbons (Fsp3) is 0.704. The Bertz CT molecular complexity index is 825. The first-order valence-electron chi connectivity index (χ1n) is 12.2. The van der Waals surface area contributed by atoms with Crippen LogP contribution in [0.4, 0.5) is 0 Å². The normalized spacial score (nSPS) is 36.1. The fourth-order valence-corrected chi connectivity index (χ4v) is 4.88. The molecule has 2 aliphatic rings. The summed E-state index contributed by atoms with van der Waals surface area (Å²) in [7, 11) is 0. The molecule has 34 heavy (non-hydrogen) atoms. The van der Waals surface area contributed by atoms with Crippen molar-refractivity contribution < 1.29 is 34.4 Å². The largest absolute Gasteiger partial charge is 0.462 e. The van der Waals surface area contributed by atoms with E-state index in [1.54, 1.807) is 40.7 Å². The molecule has 0 aromatic rings. The molecular weight excluding hydrogens is 436 g/mol. The van der Waals surface area contributed by atoms with Gasteiger partial charge in [0.1, 0.15) is 11.9 Å². The van der Waals surface area contributed by atoms with E-state index in [1.807, 2.05) is 25.2 Å². The summed E-state index contributed by atoms with van der Waals surface area (Å²) in [5.74, 6) is -3.10. The number of hydrogen-bond donors (Lipinski definition) is 3. The average Bonchev–Trinajstić information content (AvgIpc) is 2.74. The Kier molecular flexibility index (Phi) is 9.83. The highest BCUT2D eigenvalue weighted by atomic mass is 16.6. The van der Waals surface area contributed by atoms with Crippen LogP contribution in [0.15, 0.2) is 35.5 Å². The Balaban J connectivity index is 2.44. The molecule has 3 N–H and O–H groups in total. The van der Waals surface area contributed by atoms with E-state index in [0.717, 1.165) is 0 Å². The van der Waals surface area contributed by atoms with Crippen molar-refractivity contribution in [2.75, 3.05) is 0 Å². The second-order valence-electron chi connectivity index (χ2n) is 10.5. The van der Waals surface area contributed by atoms with Gasteiger partial charge in [-0.25, -0.2) is 0 Å². The number of rotatable bonds is 3. The van der Waals surface area contributed by atoms with E-state index >= 15 is 0 Å². The quantitative estimate of drug-likeness (QED) is 0.418. The van der Waals surface area contributed by atoms with Gasteiger partial charge in [0, 0.05) is 25.2 Å². The van der Waals surface area contributed by atoms with Crippen LogP contribution in [0, 0.1) is 11.3 Å². The van der Waals surface area contributed by atoms with E-state index in [1.165, 1.54) is 0 Å². The van der Waals surface area contributed by atoms with Gasteiger partial charge >= 0.3 is 5.97 Å². The molecule has 192 valence electrons. The minimum atomic E-state index is -1.85. The first-order chi connectivity index (χ1) is 15.8. The van der Waals surface area contributed by atoms with Crippen molar-refractivity contribution >= 4 is 11.8 Å². The molecule has 1 saturated heterocycles. The second-order valence-corrected chi connectivity index (χ2v) is 10.5. The number of allylic oxidation sites excluding steroid dienone is 3. The third-order valence-corrected chi connectivity index (χ3v) is 6.90. The van der Waals surface area contributed by atoms with Gasteiger partial charge < -0.3 is 24.8 Å². The maximum Gasteiger partial charge on any atom is 0.311 e. The highest BCUT2D eigenvalue weighted by molar-refractivity contribution is 5.88. The molecule has 0 saturated carbocycles. The molecule has 7 heteroatoms. The number of carbonyl (C=O) groups excluding carboxylic acids is 2. The Labute approximate surface area is 203 Å². The molecule has 7 nitrogen and oxygen atoms in total. The minimum absolute atomic E-state index is 0.0954. The summed E-state index contributed by atoms with van der Waals surface area (Å²) in [6.07, 6.45) is 5.90. The van der Waals surface area contributed by atoms with Crippen LogP contribution in [0.3, 0.4) is 0 Å². The van der Waals surface area contributed by atoms with Gasteiger partial charge in [0.05, 0.1) is 30.1 Å². The lowest BCUT2D eigenvalue weighted by molar-refractivity contribution is -0.267. The zero-order chi connectivity index (χ0) is 25.7. The zero-order valence-electron chi connectivity index (χ0n) is 21.4. The summed E-state index contributed by atoms with van der Waals surface area (Å²) < 4.78 is 11.6. The summed E-state index contributed by atoms with van der Waals surface area (Å²) >= 11 is 0. The first-order valence-corrected chi connectivity index (χ1v) is 12.2. The molecule has 2 bridgehead atoms. The fourth-order valence-electron chi connectivity index (χ4n) is 4.88. The van der Waals surface area contributed by atoms with Crippen molar-refractivity contribution in [1.29, 1.82) is 0 Å². The number of aliphatic hydroxyl groups is 3.